The lowest BCUT2D eigenvalue weighted by molar-refractivity contribution is 0.476. The number of anilines is 3. The molecule has 4 heteroatoms. The monoisotopic (exact) mass is 818 g/mol. The topological polar surface area (TPSA) is 30.5 Å². The van der Waals surface area contributed by atoms with Crippen molar-refractivity contribution in [3.8, 4) is 61.7 Å². The largest absolute Gasteiger partial charge is 0.455 e. The molecule has 300 valence electrons. The van der Waals surface area contributed by atoms with Gasteiger partial charge in [-0.2, -0.15) is 0 Å². The molecule has 0 atom stereocenters. The van der Waals surface area contributed by atoms with Crippen LogP contribution in [0, 0.1) is 0 Å². The van der Waals surface area contributed by atoms with E-state index in [0.29, 0.717) is 0 Å². The van der Waals surface area contributed by atoms with Gasteiger partial charge in [0.15, 0.2) is 11.5 Å². The first kappa shape index (κ1) is 36.1. The number of nitrogens with zero attached hydrogens (tertiary/aromatic N) is 2. The Balaban J connectivity index is 1.04. The lowest BCUT2D eigenvalue weighted by Crippen LogP contribution is -2.12. The summed E-state index contributed by atoms with van der Waals surface area (Å²) in [6.45, 7) is 0. The zero-order valence-electron chi connectivity index (χ0n) is 34.7. The average Bonchev–Trinajstić information content (AvgIpc) is 3.92. The van der Waals surface area contributed by atoms with Gasteiger partial charge in [0.2, 0.25) is 0 Å². The lowest BCUT2D eigenvalue weighted by atomic mass is 9.94. The molecular weight excluding hydrogens is 781 g/mol. The highest BCUT2D eigenvalue weighted by molar-refractivity contribution is 6.14. The second-order valence-corrected chi connectivity index (χ2v) is 16.4. The molecule has 12 aromatic rings. The first-order valence-electron chi connectivity index (χ1n) is 21.7. The number of fused-ring (bicyclic) bond motifs is 8. The van der Waals surface area contributed by atoms with E-state index in [4.69, 9.17) is 9.15 Å². The van der Waals surface area contributed by atoms with Gasteiger partial charge >= 0.3 is 0 Å². The highest BCUT2D eigenvalue weighted by atomic mass is 16.5. The predicted octanol–water partition coefficient (Wildman–Crippen LogP) is 16.9. The van der Waals surface area contributed by atoms with E-state index in [9.17, 15) is 0 Å². The summed E-state index contributed by atoms with van der Waals surface area (Å²) in [5.74, 6) is 1.73. The summed E-state index contributed by atoms with van der Waals surface area (Å²) >= 11 is 0. The van der Waals surface area contributed by atoms with Gasteiger partial charge in [-0.1, -0.05) is 164 Å². The maximum absolute atomic E-state index is 6.70. The Kier molecular flexibility index (Phi) is 8.18. The number of para-hydroxylation sites is 6. The molecule has 0 unspecified atom stereocenters. The summed E-state index contributed by atoms with van der Waals surface area (Å²) in [5, 5.41) is 4.56. The molecule has 3 heterocycles. The van der Waals surface area contributed by atoms with Crippen LogP contribution in [0.2, 0.25) is 0 Å². The van der Waals surface area contributed by atoms with Gasteiger partial charge in [-0.25, -0.2) is 0 Å². The lowest BCUT2D eigenvalue weighted by Gasteiger charge is -2.30. The van der Waals surface area contributed by atoms with Gasteiger partial charge in [0, 0.05) is 43.9 Å². The molecule has 0 N–H and O–H groups in total. The maximum Gasteiger partial charge on any atom is 0.152 e. The standard InChI is InChI=1S/C60H38N2O2/c1-3-16-39(17-4-1)42-32-34-53(50(37-42)40-18-5-2-6-19-40)61(52-27-9-7-22-45(52)48-25-14-26-49-46-23-8-11-29-56(46)64-60(48)49)44-21-13-20-41(36-44)43-33-35-54-51(38-43)47-24-15-31-58-59(47)62(54)55-28-10-12-30-57(55)63-58/h1-38H. The van der Waals surface area contributed by atoms with Crippen LogP contribution in [0.1, 0.15) is 0 Å². The minimum atomic E-state index is 0.861. The number of furan rings is 1. The van der Waals surface area contributed by atoms with Crippen LogP contribution in [0.25, 0.3) is 93.9 Å². The van der Waals surface area contributed by atoms with Crippen molar-refractivity contribution in [2.45, 2.75) is 0 Å². The summed E-state index contributed by atoms with van der Waals surface area (Å²) in [4.78, 5) is 2.44. The molecule has 13 rings (SSSR count). The summed E-state index contributed by atoms with van der Waals surface area (Å²) in [6, 6.07) is 82.3. The van der Waals surface area contributed by atoms with Crippen LogP contribution in [-0.2, 0) is 0 Å². The smallest absolute Gasteiger partial charge is 0.152 e. The van der Waals surface area contributed by atoms with Crippen LogP contribution in [0.3, 0.4) is 0 Å². The van der Waals surface area contributed by atoms with Gasteiger partial charge in [-0.3, -0.25) is 0 Å². The molecule has 4 nitrogen and oxygen atoms in total. The fourth-order valence-corrected chi connectivity index (χ4v) is 9.87. The van der Waals surface area contributed by atoms with Crippen LogP contribution in [0.5, 0.6) is 11.5 Å². The number of rotatable bonds is 7. The van der Waals surface area contributed by atoms with E-state index in [0.717, 1.165) is 106 Å². The number of hydrogen-bond donors (Lipinski definition) is 0. The van der Waals surface area contributed by atoms with E-state index < -0.39 is 0 Å². The van der Waals surface area contributed by atoms with Crippen LogP contribution in [0.15, 0.2) is 235 Å². The Hall–Kier alpha value is -8.60. The van der Waals surface area contributed by atoms with E-state index in [1.54, 1.807) is 0 Å². The molecule has 0 fully saturated rings. The Morgan fingerprint density at radius 2 is 0.984 bits per heavy atom. The van der Waals surface area contributed by atoms with Gasteiger partial charge in [0.25, 0.3) is 0 Å². The van der Waals surface area contributed by atoms with E-state index in [1.165, 1.54) is 16.3 Å². The van der Waals surface area contributed by atoms with E-state index >= 15 is 0 Å². The SMILES string of the molecule is c1ccc(-c2ccc(N(c3cccc(-c4ccc5c(c4)c4cccc6c4n5-c4ccccc4O6)c3)c3ccccc3-c3cccc4c3oc3ccccc34)c(-c3ccccc3)c2)cc1. The third-order valence-corrected chi connectivity index (χ3v) is 12.8. The molecular formula is C60H38N2O2. The molecule has 0 radical (unpaired) electrons. The van der Waals surface area contributed by atoms with Crippen molar-refractivity contribution in [3.05, 3.63) is 231 Å². The zero-order valence-corrected chi connectivity index (χ0v) is 34.7. The van der Waals surface area contributed by atoms with E-state index in [2.05, 4.69) is 222 Å². The molecule has 0 aliphatic carbocycles. The number of hydrogen-bond acceptors (Lipinski definition) is 3. The molecule has 2 aromatic heterocycles. The molecule has 64 heavy (non-hydrogen) atoms. The van der Waals surface area contributed by atoms with Gasteiger partial charge in [-0.15, -0.1) is 0 Å². The fraction of sp³-hybridized carbons (Fsp3) is 0. The molecule has 10 aromatic carbocycles. The van der Waals surface area contributed by atoms with E-state index in [-0.39, 0.29) is 0 Å². The van der Waals surface area contributed by atoms with E-state index in [1.807, 2.05) is 18.2 Å². The van der Waals surface area contributed by atoms with Crippen molar-refractivity contribution in [3.63, 3.8) is 0 Å². The zero-order chi connectivity index (χ0) is 42.1. The Morgan fingerprint density at radius 3 is 1.89 bits per heavy atom. The molecule has 1 aliphatic heterocycles. The van der Waals surface area contributed by atoms with Crippen LogP contribution in [-0.4, -0.2) is 4.57 Å². The Morgan fingerprint density at radius 1 is 0.359 bits per heavy atom. The minimum Gasteiger partial charge on any atom is -0.455 e. The number of aromatic nitrogens is 1. The van der Waals surface area contributed by atoms with Crippen molar-refractivity contribution >= 4 is 60.8 Å². The Bertz CT molecular complexity index is 3770. The normalized spacial score (nSPS) is 11.9. The highest BCUT2D eigenvalue weighted by Crippen LogP contribution is 2.49. The van der Waals surface area contributed by atoms with Crippen LogP contribution >= 0.6 is 0 Å². The first-order valence-corrected chi connectivity index (χ1v) is 21.7. The van der Waals surface area contributed by atoms with Gasteiger partial charge in [0.05, 0.1) is 28.1 Å². The molecule has 0 bridgehead atoms. The first-order chi connectivity index (χ1) is 31.7. The minimum absolute atomic E-state index is 0.861. The van der Waals surface area contributed by atoms with Crippen LogP contribution in [0.4, 0.5) is 17.1 Å². The van der Waals surface area contributed by atoms with Crippen molar-refractivity contribution in [1.82, 2.24) is 4.57 Å². The fourth-order valence-electron chi connectivity index (χ4n) is 9.87. The summed E-state index contributed by atoms with van der Waals surface area (Å²) < 4.78 is 15.5. The van der Waals surface area contributed by atoms with Gasteiger partial charge < -0.3 is 18.6 Å². The number of ether oxygens (including phenoxy) is 1. The van der Waals surface area contributed by atoms with Crippen molar-refractivity contribution < 1.29 is 9.15 Å². The maximum atomic E-state index is 6.70. The van der Waals surface area contributed by atoms with Gasteiger partial charge in [-0.05, 0) is 94.5 Å². The molecule has 0 saturated carbocycles. The van der Waals surface area contributed by atoms with Crippen LogP contribution < -0.4 is 9.64 Å². The van der Waals surface area contributed by atoms with Crippen molar-refractivity contribution in [2.24, 2.45) is 0 Å². The summed E-state index contributed by atoms with van der Waals surface area (Å²) in [7, 11) is 0. The van der Waals surface area contributed by atoms with Crippen molar-refractivity contribution in [1.29, 1.82) is 0 Å². The third kappa shape index (κ3) is 5.70. The second-order valence-electron chi connectivity index (χ2n) is 16.4. The Labute approximate surface area is 370 Å². The molecule has 0 spiro atoms. The average molecular weight is 819 g/mol. The molecule has 1 aliphatic rings. The predicted molar refractivity (Wildman–Crippen MR) is 265 cm³/mol. The van der Waals surface area contributed by atoms with Crippen molar-refractivity contribution in [2.75, 3.05) is 4.90 Å². The van der Waals surface area contributed by atoms with Gasteiger partial charge in [0.1, 0.15) is 11.2 Å². The third-order valence-electron chi connectivity index (χ3n) is 12.8. The molecule has 0 saturated heterocycles. The quantitative estimate of drug-likeness (QED) is 0.160. The molecule has 0 amide bonds. The second kappa shape index (κ2) is 14.5. The highest BCUT2D eigenvalue weighted by Gasteiger charge is 2.26. The number of benzene rings is 10. The summed E-state index contributed by atoms with van der Waals surface area (Å²) in [5.41, 5.74) is 17.2. The summed E-state index contributed by atoms with van der Waals surface area (Å²) in [6.07, 6.45) is 0.